The van der Waals surface area contributed by atoms with Gasteiger partial charge in [-0.15, -0.1) is 0 Å². The Balaban J connectivity index is 0.910. The molecule has 2 heteroatoms. The van der Waals surface area contributed by atoms with E-state index in [2.05, 4.69) is 254 Å². The van der Waals surface area contributed by atoms with Crippen LogP contribution >= 0.6 is 0 Å². The van der Waals surface area contributed by atoms with Crippen molar-refractivity contribution in [3.8, 4) is 66.8 Å². The maximum Gasteiger partial charge on any atom is 0.135 e. The van der Waals surface area contributed by atoms with Gasteiger partial charge in [0.1, 0.15) is 11.2 Å². The molecule has 1 aromatic heterocycles. The van der Waals surface area contributed by atoms with E-state index in [9.17, 15) is 0 Å². The van der Waals surface area contributed by atoms with Crippen LogP contribution in [0.25, 0.3) is 99.5 Å². The van der Waals surface area contributed by atoms with Crippen LogP contribution in [0.2, 0.25) is 0 Å². The van der Waals surface area contributed by atoms with Gasteiger partial charge in [-0.05, 0) is 144 Å². The van der Waals surface area contributed by atoms with Crippen LogP contribution in [0.15, 0.2) is 265 Å². The molecular formula is C64H43NO. The minimum atomic E-state index is 0.895. The molecule has 0 aliphatic heterocycles. The number of hydrogen-bond donors (Lipinski definition) is 0. The lowest BCUT2D eigenvalue weighted by Crippen LogP contribution is -2.10. The lowest BCUT2D eigenvalue weighted by Gasteiger charge is -2.26. The van der Waals surface area contributed by atoms with Gasteiger partial charge in [-0.2, -0.15) is 0 Å². The highest BCUT2D eigenvalue weighted by atomic mass is 16.3. The van der Waals surface area contributed by atoms with Crippen LogP contribution in [-0.4, -0.2) is 0 Å². The second-order valence-electron chi connectivity index (χ2n) is 16.9. The van der Waals surface area contributed by atoms with E-state index in [-0.39, 0.29) is 0 Å². The fourth-order valence-corrected chi connectivity index (χ4v) is 9.46. The number of benzene rings is 11. The number of fused-ring (bicyclic) bond motifs is 4. The molecule has 0 saturated heterocycles. The van der Waals surface area contributed by atoms with Crippen molar-refractivity contribution < 1.29 is 4.42 Å². The zero-order chi connectivity index (χ0) is 43.8. The summed E-state index contributed by atoms with van der Waals surface area (Å²) in [6.45, 7) is 0. The lowest BCUT2D eigenvalue weighted by molar-refractivity contribution is 0.669. The first-order valence-electron chi connectivity index (χ1n) is 22.6. The van der Waals surface area contributed by atoms with Crippen molar-refractivity contribution >= 4 is 49.8 Å². The summed E-state index contributed by atoms with van der Waals surface area (Å²) in [7, 11) is 0. The highest BCUT2D eigenvalue weighted by molar-refractivity contribution is 6.06. The smallest absolute Gasteiger partial charge is 0.135 e. The van der Waals surface area contributed by atoms with E-state index in [1.807, 2.05) is 12.1 Å². The largest absolute Gasteiger partial charge is 0.456 e. The van der Waals surface area contributed by atoms with Crippen LogP contribution in [0.3, 0.4) is 0 Å². The van der Waals surface area contributed by atoms with Crippen molar-refractivity contribution in [2.75, 3.05) is 4.90 Å². The molecule has 0 unspecified atom stereocenters. The molecule has 0 bridgehead atoms. The lowest BCUT2D eigenvalue weighted by atomic mass is 9.91. The summed E-state index contributed by atoms with van der Waals surface area (Å²) in [6, 6.07) is 94.0. The van der Waals surface area contributed by atoms with E-state index in [0.717, 1.165) is 55.7 Å². The SMILES string of the molecule is c1ccc(-c2ccc(-c3ccc(N(c4ccc(-c5ccc(-c6ccc7ccccc7c6)cc5)cc4)c4cccc(-c5ccc6oc7ccccc7c6c5)c4)cc3)cc2-c2ccccc2)cc1. The van der Waals surface area contributed by atoms with E-state index in [1.165, 1.54) is 60.8 Å². The highest BCUT2D eigenvalue weighted by Gasteiger charge is 2.17. The van der Waals surface area contributed by atoms with Gasteiger partial charge < -0.3 is 9.32 Å². The van der Waals surface area contributed by atoms with Crippen LogP contribution < -0.4 is 4.90 Å². The number of furan rings is 1. The molecule has 2 nitrogen and oxygen atoms in total. The quantitative estimate of drug-likeness (QED) is 0.144. The minimum absolute atomic E-state index is 0.895. The molecule has 0 fully saturated rings. The first-order valence-corrected chi connectivity index (χ1v) is 22.6. The summed E-state index contributed by atoms with van der Waals surface area (Å²) >= 11 is 0. The van der Waals surface area contributed by atoms with Gasteiger partial charge in [0.15, 0.2) is 0 Å². The second-order valence-corrected chi connectivity index (χ2v) is 16.9. The van der Waals surface area contributed by atoms with E-state index in [1.54, 1.807) is 0 Å². The van der Waals surface area contributed by atoms with E-state index >= 15 is 0 Å². The molecule has 0 saturated carbocycles. The third-order valence-electron chi connectivity index (χ3n) is 12.9. The molecule has 310 valence electrons. The van der Waals surface area contributed by atoms with Gasteiger partial charge in [0.05, 0.1) is 0 Å². The second kappa shape index (κ2) is 16.8. The van der Waals surface area contributed by atoms with Gasteiger partial charge in [0.25, 0.3) is 0 Å². The van der Waals surface area contributed by atoms with Crippen LogP contribution in [0, 0.1) is 0 Å². The minimum Gasteiger partial charge on any atom is -0.456 e. The summed E-state index contributed by atoms with van der Waals surface area (Å²) in [6.07, 6.45) is 0. The molecule has 11 aromatic carbocycles. The van der Waals surface area contributed by atoms with Crippen molar-refractivity contribution in [3.63, 3.8) is 0 Å². The fraction of sp³-hybridized carbons (Fsp3) is 0. The number of rotatable bonds is 9. The Labute approximate surface area is 384 Å². The maximum absolute atomic E-state index is 6.19. The predicted octanol–water partition coefficient (Wildman–Crippen LogP) is 18.2. The third kappa shape index (κ3) is 7.41. The monoisotopic (exact) mass is 841 g/mol. The fourth-order valence-electron chi connectivity index (χ4n) is 9.46. The van der Waals surface area contributed by atoms with Gasteiger partial charge in [-0.25, -0.2) is 0 Å². The Bertz CT molecular complexity index is 3660. The molecule has 0 amide bonds. The first kappa shape index (κ1) is 38.9. The number of anilines is 3. The molecule has 66 heavy (non-hydrogen) atoms. The number of nitrogens with zero attached hydrogens (tertiary/aromatic N) is 1. The molecule has 12 rings (SSSR count). The zero-order valence-electron chi connectivity index (χ0n) is 36.2. The normalized spacial score (nSPS) is 11.3. The molecule has 0 aliphatic carbocycles. The van der Waals surface area contributed by atoms with Gasteiger partial charge in [0, 0.05) is 27.8 Å². The standard InChI is InChI=1S/C64H43NO/c1-3-13-49(14-4-1)59-38-32-54(42-61(59)50-15-5-2-6-16-50)48-30-36-57(37-31-48)65(58-19-11-18-52(41-58)55-33-39-64-62(43-55)60-20-9-10-21-63(60)66-64)56-34-28-46(29-35-56)45-22-24-47(25-23-45)53-27-26-44-12-7-8-17-51(44)40-53/h1-43H. The number of hydrogen-bond acceptors (Lipinski definition) is 2. The van der Waals surface area contributed by atoms with Crippen LogP contribution in [0.1, 0.15) is 0 Å². The van der Waals surface area contributed by atoms with Gasteiger partial charge in [-0.3, -0.25) is 0 Å². The Kier molecular flexibility index (Phi) is 9.89. The Morgan fingerprint density at radius 3 is 1.39 bits per heavy atom. The summed E-state index contributed by atoms with van der Waals surface area (Å²) in [5.74, 6) is 0. The van der Waals surface area contributed by atoms with Gasteiger partial charge >= 0.3 is 0 Å². The summed E-state index contributed by atoms with van der Waals surface area (Å²) in [5, 5.41) is 4.75. The average Bonchev–Trinajstić information content (AvgIpc) is 3.78. The topological polar surface area (TPSA) is 16.4 Å². The molecule has 0 radical (unpaired) electrons. The molecule has 1 heterocycles. The summed E-state index contributed by atoms with van der Waals surface area (Å²) < 4.78 is 6.19. The van der Waals surface area contributed by atoms with Crippen LogP contribution in [0.5, 0.6) is 0 Å². The summed E-state index contributed by atoms with van der Waals surface area (Å²) in [5.41, 5.74) is 19.2. The van der Waals surface area contributed by atoms with Crippen LogP contribution in [-0.2, 0) is 0 Å². The van der Waals surface area contributed by atoms with Crippen molar-refractivity contribution in [1.82, 2.24) is 0 Å². The maximum atomic E-state index is 6.19. The Morgan fingerprint density at radius 2 is 0.697 bits per heavy atom. The molecule has 0 aliphatic rings. The molecule has 0 spiro atoms. The molecule has 0 N–H and O–H groups in total. The Hall–Kier alpha value is -8.72. The number of para-hydroxylation sites is 1. The zero-order valence-corrected chi connectivity index (χ0v) is 36.2. The highest BCUT2D eigenvalue weighted by Crippen LogP contribution is 2.41. The molecule has 0 atom stereocenters. The van der Waals surface area contributed by atoms with Gasteiger partial charge in [0.2, 0.25) is 0 Å². The predicted molar refractivity (Wildman–Crippen MR) is 279 cm³/mol. The molecular weight excluding hydrogens is 799 g/mol. The van der Waals surface area contributed by atoms with Gasteiger partial charge in [-0.1, -0.05) is 194 Å². The Morgan fingerprint density at radius 1 is 0.227 bits per heavy atom. The van der Waals surface area contributed by atoms with Crippen LogP contribution in [0.4, 0.5) is 17.1 Å². The first-order chi connectivity index (χ1) is 32.7. The van der Waals surface area contributed by atoms with E-state index in [4.69, 9.17) is 4.42 Å². The van der Waals surface area contributed by atoms with Crippen molar-refractivity contribution in [3.05, 3.63) is 261 Å². The summed E-state index contributed by atoms with van der Waals surface area (Å²) in [4.78, 5) is 2.36. The van der Waals surface area contributed by atoms with Crippen molar-refractivity contribution in [2.24, 2.45) is 0 Å². The van der Waals surface area contributed by atoms with Crippen molar-refractivity contribution in [1.29, 1.82) is 0 Å². The van der Waals surface area contributed by atoms with Crippen molar-refractivity contribution in [2.45, 2.75) is 0 Å². The third-order valence-corrected chi connectivity index (χ3v) is 12.9. The average molecular weight is 842 g/mol. The van der Waals surface area contributed by atoms with E-state index in [0.29, 0.717) is 0 Å². The van der Waals surface area contributed by atoms with E-state index < -0.39 is 0 Å². The molecule has 12 aromatic rings.